The summed E-state index contributed by atoms with van der Waals surface area (Å²) in [5, 5.41) is 3.86. The zero-order valence-corrected chi connectivity index (χ0v) is 12.3. The number of hydrogen-bond acceptors (Lipinski definition) is 3. The second-order valence-corrected chi connectivity index (χ2v) is 5.95. The first-order valence-corrected chi connectivity index (χ1v) is 7.38. The van der Waals surface area contributed by atoms with Gasteiger partial charge in [-0.2, -0.15) is 0 Å². The van der Waals surface area contributed by atoms with Crippen LogP contribution in [0.25, 0.3) is 0 Å². The predicted octanol–water partition coefficient (Wildman–Crippen LogP) is 2.67. The van der Waals surface area contributed by atoms with E-state index in [0.717, 1.165) is 19.4 Å². The number of carbonyl (C=O) groups excluding carboxylic acids is 1. The van der Waals surface area contributed by atoms with Crippen LogP contribution >= 0.6 is 23.2 Å². The Hall–Kier alpha value is -0.970. The highest BCUT2D eigenvalue weighted by Crippen LogP contribution is 2.38. The minimum atomic E-state index is -0.119. The van der Waals surface area contributed by atoms with Crippen LogP contribution in [0.1, 0.15) is 12.8 Å². The third-order valence-corrected chi connectivity index (χ3v) is 4.61. The largest absolute Gasteiger partial charge is 0.484 e. The van der Waals surface area contributed by atoms with E-state index in [0.29, 0.717) is 27.8 Å². The van der Waals surface area contributed by atoms with Gasteiger partial charge >= 0.3 is 0 Å². The van der Waals surface area contributed by atoms with Gasteiger partial charge in [0.15, 0.2) is 6.61 Å². The van der Waals surface area contributed by atoms with E-state index >= 15 is 0 Å². The van der Waals surface area contributed by atoms with Crippen molar-refractivity contribution in [3.8, 4) is 5.75 Å². The molecule has 2 fully saturated rings. The molecular weight excluding hydrogens is 301 g/mol. The van der Waals surface area contributed by atoms with Gasteiger partial charge in [-0.1, -0.05) is 23.2 Å². The van der Waals surface area contributed by atoms with E-state index in [1.54, 1.807) is 18.2 Å². The van der Waals surface area contributed by atoms with Gasteiger partial charge in [-0.25, -0.2) is 0 Å². The van der Waals surface area contributed by atoms with Gasteiger partial charge in [0, 0.05) is 24.6 Å². The summed E-state index contributed by atoms with van der Waals surface area (Å²) in [5.41, 5.74) is 0. The van der Waals surface area contributed by atoms with Crippen molar-refractivity contribution in [3.63, 3.8) is 0 Å². The van der Waals surface area contributed by atoms with E-state index in [2.05, 4.69) is 5.32 Å². The van der Waals surface area contributed by atoms with Crippen molar-refractivity contribution < 1.29 is 14.3 Å². The average Bonchev–Trinajstić information content (AvgIpc) is 2.79. The topological polar surface area (TPSA) is 47.6 Å². The molecule has 0 spiro atoms. The molecule has 6 heteroatoms. The van der Waals surface area contributed by atoms with Crippen LogP contribution in [0, 0.1) is 5.92 Å². The molecule has 0 bridgehead atoms. The summed E-state index contributed by atoms with van der Waals surface area (Å²) in [5.74, 6) is 0.889. The van der Waals surface area contributed by atoms with Crippen LogP contribution in [0.4, 0.5) is 0 Å². The van der Waals surface area contributed by atoms with Crippen LogP contribution in [0.2, 0.25) is 10.0 Å². The summed E-state index contributed by atoms with van der Waals surface area (Å²) in [6, 6.07) is 5.16. The minimum Gasteiger partial charge on any atom is -0.484 e. The van der Waals surface area contributed by atoms with Crippen molar-refractivity contribution >= 4 is 29.1 Å². The smallest absolute Gasteiger partial charge is 0.258 e. The van der Waals surface area contributed by atoms with E-state index in [9.17, 15) is 4.79 Å². The Morgan fingerprint density at radius 2 is 2.25 bits per heavy atom. The zero-order chi connectivity index (χ0) is 14.1. The standard InChI is InChI=1S/C14H15Cl2NO3/c15-10-2-1-8(5-11(10)16)20-7-14(18)17-12-6-13-9(12)3-4-19-13/h1-2,5,9,12-13H,3-4,6-7H2,(H,17,18)/t9-,12+,13+/m1/s1. The molecule has 3 rings (SSSR count). The number of benzene rings is 1. The first-order valence-electron chi connectivity index (χ1n) is 6.62. The van der Waals surface area contributed by atoms with Crippen molar-refractivity contribution in [2.75, 3.05) is 13.2 Å². The van der Waals surface area contributed by atoms with Crippen molar-refractivity contribution in [2.24, 2.45) is 5.92 Å². The molecule has 1 N–H and O–H groups in total. The summed E-state index contributed by atoms with van der Waals surface area (Å²) in [4.78, 5) is 11.8. The number of amides is 1. The molecule has 1 aliphatic carbocycles. The zero-order valence-electron chi connectivity index (χ0n) is 10.8. The lowest BCUT2D eigenvalue weighted by atomic mass is 9.76. The molecule has 3 atom stereocenters. The molecule has 108 valence electrons. The molecule has 1 aromatic carbocycles. The summed E-state index contributed by atoms with van der Waals surface area (Å²) in [6.07, 6.45) is 2.28. The molecule has 0 unspecified atom stereocenters. The van der Waals surface area contributed by atoms with Gasteiger partial charge in [0.2, 0.25) is 0 Å². The maximum Gasteiger partial charge on any atom is 0.258 e. The molecule has 0 radical (unpaired) electrons. The minimum absolute atomic E-state index is 0.0211. The number of nitrogens with one attached hydrogen (secondary N) is 1. The molecule has 20 heavy (non-hydrogen) atoms. The third-order valence-electron chi connectivity index (χ3n) is 3.87. The molecule has 1 saturated heterocycles. The molecule has 1 saturated carbocycles. The predicted molar refractivity (Wildman–Crippen MR) is 76.4 cm³/mol. The van der Waals surface area contributed by atoms with E-state index in [-0.39, 0.29) is 18.6 Å². The van der Waals surface area contributed by atoms with Crippen LogP contribution in [-0.4, -0.2) is 31.3 Å². The Bertz CT molecular complexity index is 523. The third kappa shape index (κ3) is 2.87. The summed E-state index contributed by atoms with van der Waals surface area (Å²) in [7, 11) is 0. The lowest BCUT2D eigenvalue weighted by Crippen LogP contribution is -2.54. The monoisotopic (exact) mass is 315 g/mol. The number of fused-ring (bicyclic) bond motifs is 1. The molecule has 1 amide bonds. The lowest BCUT2D eigenvalue weighted by molar-refractivity contribution is -0.126. The number of hydrogen-bond donors (Lipinski definition) is 1. The highest BCUT2D eigenvalue weighted by Gasteiger charge is 2.45. The van der Waals surface area contributed by atoms with Gasteiger partial charge in [-0.05, 0) is 25.0 Å². The lowest BCUT2D eigenvalue weighted by Gasteiger charge is -2.39. The van der Waals surface area contributed by atoms with Crippen LogP contribution in [0.3, 0.4) is 0 Å². The number of halogens is 2. The quantitative estimate of drug-likeness (QED) is 0.929. The van der Waals surface area contributed by atoms with Gasteiger partial charge in [0.05, 0.1) is 16.1 Å². The number of ether oxygens (including phenoxy) is 2. The summed E-state index contributed by atoms with van der Waals surface area (Å²) < 4.78 is 10.9. The summed E-state index contributed by atoms with van der Waals surface area (Å²) >= 11 is 11.7. The van der Waals surface area contributed by atoms with Crippen LogP contribution in [0.5, 0.6) is 5.75 Å². The Kier molecular flexibility index (Phi) is 4.06. The maximum absolute atomic E-state index is 11.8. The SMILES string of the molecule is O=C(COc1ccc(Cl)c(Cl)c1)N[C@H]1C[C@@H]2OCC[C@H]12. The van der Waals surface area contributed by atoms with Gasteiger partial charge in [-0.3, -0.25) is 4.79 Å². The molecule has 1 aromatic rings. The normalized spacial score (nSPS) is 27.6. The Balaban J connectivity index is 1.46. The van der Waals surface area contributed by atoms with Crippen LogP contribution in [-0.2, 0) is 9.53 Å². The van der Waals surface area contributed by atoms with E-state index in [1.165, 1.54) is 0 Å². The fourth-order valence-electron chi connectivity index (χ4n) is 2.73. The Morgan fingerprint density at radius 3 is 3.00 bits per heavy atom. The van der Waals surface area contributed by atoms with Gasteiger partial charge in [-0.15, -0.1) is 0 Å². The number of rotatable bonds is 4. The summed E-state index contributed by atoms with van der Waals surface area (Å²) in [6.45, 7) is 0.786. The Morgan fingerprint density at radius 1 is 1.40 bits per heavy atom. The second-order valence-electron chi connectivity index (χ2n) is 5.14. The van der Waals surface area contributed by atoms with Crippen molar-refractivity contribution in [1.82, 2.24) is 5.32 Å². The fraction of sp³-hybridized carbons (Fsp3) is 0.500. The molecular formula is C14H15Cl2NO3. The van der Waals surface area contributed by atoms with Crippen molar-refractivity contribution in [2.45, 2.75) is 25.0 Å². The highest BCUT2D eigenvalue weighted by atomic mass is 35.5. The first-order chi connectivity index (χ1) is 9.63. The molecule has 0 aromatic heterocycles. The molecule has 1 heterocycles. The Labute approximate surface area is 127 Å². The van der Waals surface area contributed by atoms with Crippen LogP contribution < -0.4 is 10.1 Å². The van der Waals surface area contributed by atoms with Gasteiger partial charge in [0.1, 0.15) is 5.75 Å². The average molecular weight is 316 g/mol. The van der Waals surface area contributed by atoms with E-state index in [1.807, 2.05) is 0 Å². The van der Waals surface area contributed by atoms with Gasteiger partial charge in [0.25, 0.3) is 5.91 Å². The van der Waals surface area contributed by atoms with Gasteiger partial charge < -0.3 is 14.8 Å². The second kappa shape index (κ2) is 5.80. The first kappa shape index (κ1) is 14.0. The van der Waals surface area contributed by atoms with Crippen molar-refractivity contribution in [1.29, 1.82) is 0 Å². The molecule has 2 aliphatic rings. The maximum atomic E-state index is 11.8. The van der Waals surface area contributed by atoms with E-state index < -0.39 is 0 Å². The highest BCUT2D eigenvalue weighted by molar-refractivity contribution is 6.42. The number of carbonyl (C=O) groups is 1. The van der Waals surface area contributed by atoms with Crippen LogP contribution in [0.15, 0.2) is 18.2 Å². The molecule has 1 aliphatic heterocycles. The molecule has 4 nitrogen and oxygen atoms in total. The van der Waals surface area contributed by atoms with Crippen molar-refractivity contribution in [3.05, 3.63) is 28.2 Å². The fourth-order valence-corrected chi connectivity index (χ4v) is 3.02. The van der Waals surface area contributed by atoms with E-state index in [4.69, 9.17) is 32.7 Å².